The molecule has 68 valence electrons. The average molecular weight is 185 g/mol. The summed E-state index contributed by atoms with van der Waals surface area (Å²) in [6, 6.07) is 3.87. The zero-order valence-electron chi connectivity index (χ0n) is 7.25. The Kier molecular flexibility index (Phi) is 1.38. The third-order valence-electron chi connectivity index (χ3n) is 2.08. The van der Waals surface area contributed by atoms with Crippen molar-refractivity contribution in [2.24, 2.45) is 0 Å². The maximum Gasteiger partial charge on any atom is 0.150 e. The third kappa shape index (κ3) is 0.922. The van der Waals surface area contributed by atoms with Gasteiger partial charge in [0.25, 0.3) is 0 Å². The first-order valence-corrected chi connectivity index (χ1v) is 4.22. The van der Waals surface area contributed by atoms with Crippen molar-refractivity contribution in [2.75, 3.05) is 0 Å². The summed E-state index contributed by atoms with van der Waals surface area (Å²) in [4.78, 5) is 8.35. The molecule has 3 heterocycles. The SMILES string of the molecule is c1cc2ncnc(-c3cn[nH]c3)n2c1. The first-order chi connectivity index (χ1) is 6.95. The minimum Gasteiger partial charge on any atom is -0.285 e. The monoisotopic (exact) mass is 185 g/mol. The van der Waals surface area contributed by atoms with Crippen LogP contribution < -0.4 is 0 Å². The topological polar surface area (TPSA) is 58.9 Å². The first kappa shape index (κ1) is 7.25. The Hall–Kier alpha value is -2.17. The Bertz CT molecular complexity index is 551. The van der Waals surface area contributed by atoms with Gasteiger partial charge in [0.1, 0.15) is 12.0 Å². The van der Waals surface area contributed by atoms with Crippen molar-refractivity contribution in [3.8, 4) is 11.4 Å². The van der Waals surface area contributed by atoms with Crippen LogP contribution in [0.3, 0.4) is 0 Å². The number of hydrogen-bond donors (Lipinski definition) is 1. The molecule has 0 saturated heterocycles. The minimum absolute atomic E-state index is 0.841. The highest BCUT2D eigenvalue weighted by molar-refractivity contribution is 5.56. The second-order valence-corrected chi connectivity index (χ2v) is 2.92. The molecular weight excluding hydrogens is 178 g/mol. The lowest BCUT2D eigenvalue weighted by molar-refractivity contribution is 1.04. The summed E-state index contributed by atoms with van der Waals surface area (Å²) in [5, 5.41) is 6.65. The van der Waals surface area contributed by atoms with Gasteiger partial charge in [-0.15, -0.1) is 0 Å². The highest BCUT2D eigenvalue weighted by atomic mass is 15.1. The molecule has 0 aromatic carbocycles. The number of aromatic nitrogens is 5. The molecule has 5 nitrogen and oxygen atoms in total. The van der Waals surface area contributed by atoms with Gasteiger partial charge >= 0.3 is 0 Å². The number of H-pyrrole nitrogens is 1. The van der Waals surface area contributed by atoms with Gasteiger partial charge in [0, 0.05) is 12.4 Å². The predicted octanol–water partition coefficient (Wildman–Crippen LogP) is 1.12. The maximum atomic E-state index is 4.21. The Morgan fingerprint density at radius 1 is 1.29 bits per heavy atom. The van der Waals surface area contributed by atoms with Crippen LogP contribution in [0.4, 0.5) is 0 Å². The van der Waals surface area contributed by atoms with Gasteiger partial charge in [-0.3, -0.25) is 9.50 Å². The van der Waals surface area contributed by atoms with E-state index in [1.165, 1.54) is 0 Å². The van der Waals surface area contributed by atoms with E-state index < -0.39 is 0 Å². The Morgan fingerprint density at radius 3 is 3.14 bits per heavy atom. The van der Waals surface area contributed by atoms with Gasteiger partial charge in [-0.1, -0.05) is 0 Å². The van der Waals surface area contributed by atoms with Gasteiger partial charge in [0.15, 0.2) is 5.82 Å². The van der Waals surface area contributed by atoms with Gasteiger partial charge < -0.3 is 0 Å². The average Bonchev–Trinajstić information content (AvgIpc) is 2.88. The molecule has 0 unspecified atom stereocenters. The summed E-state index contributed by atoms with van der Waals surface area (Å²) in [5.41, 5.74) is 1.84. The molecule has 0 aliphatic heterocycles. The predicted molar refractivity (Wildman–Crippen MR) is 50.6 cm³/mol. The number of aromatic amines is 1. The molecule has 0 radical (unpaired) electrons. The first-order valence-electron chi connectivity index (χ1n) is 4.22. The van der Waals surface area contributed by atoms with Crippen LogP contribution in [0.25, 0.3) is 17.0 Å². The van der Waals surface area contributed by atoms with Crippen molar-refractivity contribution in [1.29, 1.82) is 0 Å². The van der Waals surface area contributed by atoms with Gasteiger partial charge in [0.05, 0.1) is 11.8 Å². The van der Waals surface area contributed by atoms with Crippen LogP contribution >= 0.6 is 0 Å². The molecular formula is C9H7N5. The molecule has 0 saturated carbocycles. The lowest BCUT2D eigenvalue weighted by atomic mass is 10.3. The smallest absolute Gasteiger partial charge is 0.150 e. The molecule has 0 spiro atoms. The number of hydrogen-bond acceptors (Lipinski definition) is 3. The van der Waals surface area contributed by atoms with E-state index in [4.69, 9.17) is 0 Å². The van der Waals surface area contributed by atoms with Crippen molar-refractivity contribution in [2.45, 2.75) is 0 Å². The van der Waals surface area contributed by atoms with E-state index in [9.17, 15) is 0 Å². The van der Waals surface area contributed by atoms with E-state index in [0.29, 0.717) is 0 Å². The van der Waals surface area contributed by atoms with E-state index in [2.05, 4.69) is 20.2 Å². The van der Waals surface area contributed by atoms with Crippen LogP contribution in [0.2, 0.25) is 0 Å². The number of nitrogens with zero attached hydrogens (tertiary/aromatic N) is 4. The van der Waals surface area contributed by atoms with Crippen molar-refractivity contribution >= 4 is 5.65 Å². The van der Waals surface area contributed by atoms with Gasteiger partial charge in [-0.25, -0.2) is 9.97 Å². The summed E-state index contributed by atoms with van der Waals surface area (Å²) >= 11 is 0. The van der Waals surface area contributed by atoms with Gasteiger partial charge in [-0.2, -0.15) is 5.10 Å². The number of fused-ring (bicyclic) bond motifs is 1. The molecule has 3 rings (SSSR count). The Labute approximate surface area is 79.4 Å². The van der Waals surface area contributed by atoms with Crippen LogP contribution in [-0.4, -0.2) is 24.6 Å². The number of nitrogens with one attached hydrogen (secondary N) is 1. The van der Waals surface area contributed by atoms with Crippen molar-refractivity contribution in [3.63, 3.8) is 0 Å². The molecule has 3 aromatic rings. The highest BCUT2D eigenvalue weighted by Crippen LogP contribution is 2.15. The van der Waals surface area contributed by atoms with E-state index in [1.54, 1.807) is 12.5 Å². The standard InChI is InChI=1S/C9H7N5/c1-2-8-10-6-11-9(14(8)3-1)7-4-12-13-5-7/h1-6H,(H,12,13). The zero-order chi connectivity index (χ0) is 9.38. The molecule has 0 fully saturated rings. The van der Waals surface area contributed by atoms with Crippen LogP contribution in [0, 0.1) is 0 Å². The number of rotatable bonds is 1. The lowest BCUT2D eigenvalue weighted by Gasteiger charge is -1.99. The fraction of sp³-hybridized carbons (Fsp3) is 0. The summed E-state index contributed by atoms with van der Waals surface area (Å²) in [7, 11) is 0. The summed E-state index contributed by atoms with van der Waals surface area (Å²) in [5.74, 6) is 0.841. The van der Waals surface area contributed by atoms with Crippen molar-refractivity contribution in [1.82, 2.24) is 24.6 Å². The molecule has 0 aliphatic rings. The molecule has 5 heteroatoms. The zero-order valence-corrected chi connectivity index (χ0v) is 7.25. The quantitative estimate of drug-likeness (QED) is 0.618. The minimum atomic E-state index is 0.841. The van der Waals surface area contributed by atoms with E-state index in [0.717, 1.165) is 17.0 Å². The van der Waals surface area contributed by atoms with E-state index in [-0.39, 0.29) is 0 Å². The fourth-order valence-corrected chi connectivity index (χ4v) is 1.45. The molecule has 0 aliphatic carbocycles. The fourth-order valence-electron chi connectivity index (χ4n) is 1.45. The third-order valence-corrected chi connectivity index (χ3v) is 2.08. The van der Waals surface area contributed by atoms with Crippen molar-refractivity contribution in [3.05, 3.63) is 37.1 Å². The van der Waals surface area contributed by atoms with Crippen LogP contribution in [-0.2, 0) is 0 Å². The second-order valence-electron chi connectivity index (χ2n) is 2.92. The van der Waals surface area contributed by atoms with E-state index in [1.807, 2.05) is 28.9 Å². The summed E-state index contributed by atoms with van der Waals surface area (Å²) in [6.45, 7) is 0. The molecule has 0 atom stereocenters. The van der Waals surface area contributed by atoms with Gasteiger partial charge in [-0.05, 0) is 12.1 Å². The lowest BCUT2D eigenvalue weighted by Crippen LogP contribution is -1.94. The molecule has 0 amide bonds. The normalized spacial score (nSPS) is 10.9. The van der Waals surface area contributed by atoms with Crippen LogP contribution in [0.1, 0.15) is 0 Å². The second kappa shape index (κ2) is 2.66. The summed E-state index contributed by atoms with van der Waals surface area (Å²) < 4.78 is 1.92. The van der Waals surface area contributed by atoms with E-state index >= 15 is 0 Å². The molecule has 14 heavy (non-hydrogen) atoms. The molecule has 1 N–H and O–H groups in total. The molecule has 3 aromatic heterocycles. The Morgan fingerprint density at radius 2 is 2.29 bits per heavy atom. The van der Waals surface area contributed by atoms with Crippen LogP contribution in [0.15, 0.2) is 37.1 Å². The molecule has 0 bridgehead atoms. The highest BCUT2D eigenvalue weighted by Gasteiger charge is 2.04. The van der Waals surface area contributed by atoms with Crippen LogP contribution in [0.5, 0.6) is 0 Å². The maximum absolute atomic E-state index is 4.21. The van der Waals surface area contributed by atoms with Crippen molar-refractivity contribution < 1.29 is 0 Å². The Balaban J connectivity index is 2.36. The largest absolute Gasteiger partial charge is 0.285 e. The van der Waals surface area contributed by atoms with Gasteiger partial charge in [0.2, 0.25) is 0 Å². The summed E-state index contributed by atoms with van der Waals surface area (Å²) in [6.07, 6.45) is 7.03.